The fourth-order valence-electron chi connectivity index (χ4n) is 2.10. The van der Waals surface area contributed by atoms with E-state index >= 15 is 0 Å². The number of hydrogen-bond donors (Lipinski definition) is 0. The minimum atomic E-state index is -0.459. The normalized spacial score (nSPS) is 12.0. The lowest BCUT2D eigenvalue weighted by atomic mass is 10.0. The van der Waals surface area contributed by atoms with Crippen molar-refractivity contribution in [2.45, 2.75) is 32.3 Å². The van der Waals surface area contributed by atoms with Crippen LogP contribution in [0.3, 0.4) is 0 Å². The molecule has 0 aromatic heterocycles. The Hall–Kier alpha value is -1.80. The van der Waals surface area contributed by atoms with Gasteiger partial charge >= 0.3 is 0 Å². The molecule has 0 aliphatic carbocycles. The molecule has 1 atom stereocenters. The van der Waals surface area contributed by atoms with Gasteiger partial charge in [0.15, 0.2) is 5.78 Å². The smallest absolute Gasteiger partial charge is 0.180 e. The maximum atomic E-state index is 12.1. The van der Waals surface area contributed by atoms with Crippen molar-refractivity contribution in [2.75, 3.05) is 0 Å². The van der Waals surface area contributed by atoms with Crippen LogP contribution in [0.15, 0.2) is 48.5 Å². The molecule has 0 aliphatic rings. The van der Waals surface area contributed by atoms with Crippen LogP contribution in [-0.4, -0.2) is 11.2 Å². The summed E-state index contributed by atoms with van der Waals surface area (Å²) in [5, 5.41) is -0.459. The number of halogens is 1. The molecule has 3 heteroatoms. The van der Waals surface area contributed by atoms with Gasteiger partial charge in [-0.2, -0.15) is 0 Å². The lowest BCUT2D eigenvalue weighted by Gasteiger charge is -2.11. The lowest BCUT2D eigenvalue weighted by Crippen LogP contribution is -2.14. The van der Waals surface area contributed by atoms with Crippen molar-refractivity contribution in [3.05, 3.63) is 65.2 Å². The third-order valence-corrected chi connectivity index (χ3v) is 3.86. The predicted molar refractivity (Wildman–Crippen MR) is 86.2 cm³/mol. The zero-order valence-electron chi connectivity index (χ0n) is 12.3. The number of carbonyl (C=O) groups excluding carboxylic acids is 1. The largest absolute Gasteiger partial charge is 0.489 e. The average Bonchev–Trinajstić information content (AvgIpc) is 2.52. The monoisotopic (exact) mass is 302 g/mol. The molecule has 2 aromatic rings. The van der Waals surface area contributed by atoms with Crippen molar-refractivity contribution < 1.29 is 9.53 Å². The molecule has 21 heavy (non-hydrogen) atoms. The third-order valence-electron chi connectivity index (χ3n) is 3.35. The van der Waals surface area contributed by atoms with Crippen molar-refractivity contribution in [3.63, 3.8) is 0 Å². The first kappa shape index (κ1) is 15.6. The van der Waals surface area contributed by atoms with Gasteiger partial charge < -0.3 is 4.74 Å². The summed E-state index contributed by atoms with van der Waals surface area (Å²) in [6, 6.07) is 15.5. The van der Waals surface area contributed by atoms with Crippen LogP contribution in [0.25, 0.3) is 0 Å². The molecule has 0 radical (unpaired) electrons. The first-order chi connectivity index (χ1) is 10.1. The van der Waals surface area contributed by atoms with Gasteiger partial charge in [0.2, 0.25) is 0 Å². The van der Waals surface area contributed by atoms with Crippen molar-refractivity contribution in [1.29, 1.82) is 0 Å². The second kappa shape index (κ2) is 7.28. The van der Waals surface area contributed by atoms with Crippen molar-refractivity contribution in [3.8, 4) is 5.75 Å². The van der Waals surface area contributed by atoms with Gasteiger partial charge in [0.05, 0.1) is 5.38 Å². The van der Waals surface area contributed by atoms with E-state index in [-0.39, 0.29) is 5.78 Å². The van der Waals surface area contributed by atoms with Crippen LogP contribution in [0.2, 0.25) is 0 Å². The topological polar surface area (TPSA) is 26.3 Å². The van der Waals surface area contributed by atoms with E-state index < -0.39 is 5.38 Å². The van der Waals surface area contributed by atoms with Crippen molar-refractivity contribution in [1.82, 2.24) is 0 Å². The summed E-state index contributed by atoms with van der Waals surface area (Å²) in [7, 11) is 0. The Labute approximate surface area is 130 Å². The van der Waals surface area contributed by atoms with Gasteiger partial charge in [0.1, 0.15) is 12.4 Å². The summed E-state index contributed by atoms with van der Waals surface area (Å²) in [4.78, 5) is 12.1. The highest BCUT2D eigenvalue weighted by Gasteiger charge is 2.17. The molecule has 0 saturated carbocycles. The second-order valence-corrected chi connectivity index (χ2v) is 5.52. The van der Waals surface area contributed by atoms with Gasteiger partial charge in [-0.1, -0.05) is 37.3 Å². The van der Waals surface area contributed by atoms with E-state index in [1.807, 2.05) is 56.3 Å². The van der Waals surface area contributed by atoms with E-state index in [0.717, 1.165) is 16.9 Å². The quantitative estimate of drug-likeness (QED) is 0.567. The molecule has 0 N–H and O–H groups in total. The summed E-state index contributed by atoms with van der Waals surface area (Å²) in [5.41, 5.74) is 2.68. The zero-order chi connectivity index (χ0) is 15.2. The molecule has 0 amide bonds. The molecule has 0 spiro atoms. The molecule has 0 aliphatic heterocycles. The molecule has 0 saturated heterocycles. The van der Waals surface area contributed by atoms with Crippen LogP contribution in [0.5, 0.6) is 5.75 Å². The van der Waals surface area contributed by atoms with E-state index in [2.05, 4.69) is 0 Å². The van der Waals surface area contributed by atoms with Gasteiger partial charge in [-0.05, 0) is 42.7 Å². The molecule has 0 heterocycles. The lowest BCUT2D eigenvalue weighted by molar-refractivity contribution is 0.0985. The summed E-state index contributed by atoms with van der Waals surface area (Å²) in [6.45, 7) is 4.32. The maximum absolute atomic E-state index is 12.1. The third kappa shape index (κ3) is 4.08. The molecule has 2 nitrogen and oxygen atoms in total. The van der Waals surface area contributed by atoms with Crippen LogP contribution in [0, 0.1) is 6.92 Å². The fraction of sp³-hybridized carbons (Fsp3) is 0.278. The number of Topliss-reactive ketones (excluding diaryl/α,β-unsaturated/α-hetero) is 1. The number of rotatable bonds is 6. The number of alkyl halides is 1. The number of hydrogen-bond acceptors (Lipinski definition) is 2. The van der Waals surface area contributed by atoms with Gasteiger partial charge in [-0.25, -0.2) is 0 Å². The first-order valence-electron chi connectivity index (χ1n) is 7.07. The molecule has 2 rings (SSSR count). The van der Waals surface area contributed by atoms with E-state index in [9.17, 15) is 4.79 Å². The number of benzene rings is 2. The Morgan fingerprint density at radius 2 is 1.90 bits per heavy atom. The minimum absolute atomic E-state index is 0.0220. The molecular weight excluding hydrogens is 284 g/mol. The van der Waals surface area contributed by atoms with Crippen molar-refractivity contribution >= 4 is 17.4 Å². The summed E-state index contributed by atoms with van der Waals surface area (Å²) in [5.74, 6) is 0.738. The summed E-state index contributed by atoms with van der Waals surface area (Å²) >= 11 is 6.02. The van der Waals surface area contributed by atoms with Gasteiger partial charge in [0, 0.05) is 5.56 Å². The fourth-order valence-corrected chi connectivity index (χ4v) is 2.21. The van der Waals surface area contributed by atoms with E-state index in [0.29, 0.717) is 18.6 Å². The van der Waals surface area contributed by atoms with Crippen LogP contribution in [0.4, 0.5) is 0 Å². The number of carbonyl (C=O) groups is 1. The Morgan fingerprint density at radius 1 is 1.19 bits per heavy atom. The molecule has 110 valence electrons. The van der Waals surface area contributed by atoms with Crippen LogP contribution >= 0.6 is 11.6 Å². The number of aryl methyl sites for hydroxylation is 1. The SMILES string of the molecule is CCC(Cl)C(=O)c1ccc(OCc2ccccc2)cc1C. The van der Waals surface area contributed by atoms with Crippen LogP contribution in [0.1, 0.15) is 34.8 Å². The predicted octanol–water partition coefficient (Wildman–Crippen LogP) is 4.77. The Morgan fingerprint density at radius 3 is 2.52 bits per heavy atom. The zero-order valence-corrected chi connectivity index (χ0v) is 13.1. The first-order valence-corrected chi connectivity index (χ1v) is 7.51. The average molecular weight is 303 g/mol. The van der Waals surface area contributed by atoms with Gasteiger partial charge in [-0.3, -0.25) is 4.79 Å². The minimum Gasteiger partial charge on any atom is -0.489 e. The van der Waals surface area contributed by atoms with Gasteiger partial charge in [-0.15, -0.1) is 11.6 Å². The maximum Gasteiger partial charge on any atom is 0.180 e. The molecule has 1 unspecified atom stereocenters. The van der Waals surface area contributed by atoms with E-state index in [1.165, 1.54) is 0 Å². The highest BCUT2D eigenvalue weighted by atomic mass is 35.5. The Balaban J connectivity index is 2.07. The standard InChI is InChI=1S/C18H19ClO2/c1-3-17(19)18(20)16-10-9-15(11-13(16)2)21-12-14-7-5-4-6-8-14/h4-11,17H,3,12H2,1-2H3. The van der Waals surface area contributed by atoms with E-state index in [1.54, 1.807) is 6.07 Å². The Kier molecular flexibility index (Phi) is 5.40. The van der Waals surface area contributed by atoms with Crippen LogP contribution < -0.4 is 4.74 Å². The highest BCUT2D eigenvalue weighted by Crippen LogP contribution is 2.21. The highest BCUT2D eigenvalue weighted by molar-refractivity contribution is 6.34. The van der Waals surface area contributed by atoms with Crippen molar-refractivity contribution in [2.24, 2.45) is 0 Å². The second-order valence-electron chi connectivity index (χ2n) is 4.99. The number of ketones is 1. The molecular formula is C18H19ClO2. The summed E-state index contributed by atoms with van der Waals surface area (Å²) in [6.07, 6.45) is 0.631. The summed E-state index contributed by atoms with van der Waals surface area (Å²) < 4.78 is 5.75. The number of ether oxygens (including phenoxy) is 1. The molecule has 0 fully saturated rings. The van der Waals surface area contributed by atoms with E-state index in [4.69, 9.17) is 16.3 Å². The molecule has 0 bridgehead atoms. The van der Waals surface area contributed by atoms with Gasteiger partial charge in [0.25, 0.3) is 0 Å². The molecule has 2 aromatic carbocycles. The van der Waals surface area contributed by atoms with Crippen LogP contribution in [-0.2, 0) is 6.61 Å². The Bertz CT molecular complexity index is 608.